The quantitative estimate of drug-likeness (QED) is 0.712. The van der Waals surface area contributed by atoms with Gasteiger partial charge in [0.25, 0.3) is 0 Å². The first-order chi connectivity index (χ1) is 7.29. The van der Waals surface area contributed by atoms with Crippen molar-refractivity contribution in [2.75, 3.05) is 17.2 Å². The smallest absolute Gasteiger partial charge is 0.224 e. The molecule has 1 aromatic rings. The zero-order valence-corrected chi connectivity index (χ0v) is 8.34. The maximum Gasteiger partial charge on any atom is 0.224 e. The Hall–Kier alpha value is -1.95. The van der Waals surface area contributed by atoms with Gasteiger partial charge in [0.1, 0.15) is 0 Å². The highest BCUT2D eigenvalue weighted by Crippen LogP contribution is 2.25. The number of anilines is 2. The number of fused-ring (bicyclic) bond motifs is 1. The Labute approximate surface area is 88.9 Å². The van der Waals surface area contributed by atoms with Gasteiger partial charge >= 0.3 is 0 Å². The lowest BCUT2D eigenvalue weighted by Gasteiger charge is -2.17. The standard InChI is InChI=1S/C12H12N2O/c1-2-7-13-10-5-3-9-4-6-12(15)14-11(9)8-10/h1,3,5,8,13H,4,6-7H2,(H,14,15). The molecule has 1 amide bonds. The maximum atomic E-state index is 11.2. The van der Waals surface area contributed by atoms with Crippen molar-refractivity contribution in [3.05, 3.63) is 23.8 Å². The van der Waals surface area contributed by atoms with E-state index in [9.17, 15) is 4.79 Å². The second-order valence-corrected chi connectivity index (χ2v) is 3.48. The minimum atomic E-state index is 0.0802. The molecule has 0 aliphatic carbocycles. The summed E-state index contributed by atoms with van der Waals surface area (Å²) >= 11 is 0. The Kier molecular flexibility index (Phi) is 2.59. The van der Waals surface area contributed by atoms with Gasteiger partial charge in [-0.05, 0) is 24.1 Å². The average molecular weight is 200 g/mol. The van der Waals surface area contributed by atoms with Gasteiger partial charge in [-0.2, -0.15) is 0 Å². The lowest BCUT2D eigenvalue weighted by molar-refractivity contribution is -0.116. The van der Waals surface area contributed by atoms with E-state index >= 15 is 0 Å². The summed E-state index contributed by atoms with van der Waals surface area (Å²) in [5.74, 6) is 2.59. The summed E-state index contributed by atoms with van der Waals surface area (Å²) in [7, 11) is 0. The number of aryl methyl sites for hydroxylation is 1. The lowest BCUT2D eigenvalue weighted by Crippen LogP contribution is -2.19. The molecule has 0 radical (unpaired) electrons. The summed E-state index contributed by atoms with van der Waals surface area (Å²) in [6.45, 7) is 0.493. The van der Waals surface area contributed by atoms with Crippen molar-refractivity contribution < 1.29 is 4.79 Å². The van der Waals surface area contributed by atoms with Crippen LogP contribution < -0.4 is 10.6 Å². The molecule has 0 unspecified atom stereocenters. The van der Waals surface area contributed by atoms with Crippen LogP contribution in [0.4, 0.5) is 11.4 Å². The minimum Gasteiger partial charge on any atom is -0.374 e. The minimum absolute atomic E-state index is 0.0802. The summed E-state index contributed by atoms with van der Waals surface area (Å²) in [6.07, 6.45) is 6.54. The molecule has 3 nitrogen and oxygen atoms in total. The van der Waals surface area contributed by atoms with Gasteiger partial charge in [0.05, 0.1) is 6.54 Å². The van der Waals surface area contributed by atoms with E-state index in [-0.39, 0.29) is 5.91 Å². The zero-order chi connectivity index (χ0) is 10.7. The number of amides is 1. The van der Waals surface area contributed by atoms with E-state index in [1.165, 1.54) is 5.56 Å². The number of nitrogens with one attached hydrogen (secondary N) is 2. The molecule has 1 aromatic carbocycles. The molecule has 1 aliphatic heterocycles. The maximum absolute atomic E-state index is 11.2. The summed E-state index contributed by atoms with van der Waals surface area (Å²) in [5, 5.41) is 5.92. The van der Waals surface area contributed by atoms with Gasteiger partial charge in [-0.15, -0.1) is 6.42 Å². The predicted octanol–water partition coefficient (Wildman–Crippen LogP) is 1.62. The molecular formula is C12H12N2O. The fourth-order valence-electron chi connectivity index (χ4n) is 1.63. The van der Waals surface area contributed by atoms with Gasteiger partial charge < -0.3 is 10.6 Å². The molecule has 0 saturated carbocycles. The van der Waals surface area contributed by atoms with Crippen molar-refractivity contribution in [1.29, 1.82) is 0 Å². The van der Waals surface area contributed by atoms with E-state index in [1.54, 1.807) is 0 Å². The van der Waals surface area contributed by atoms with E-state index in [0.717, 1.165) is 17.8 Å². The lowest BCUT2D eigenvalue weighted by atomic mass is 10.0. The second kappa shape index (κ2) is 4.05. The molecule has 76 valence electrons. The number of rotatable bonds is 2. The molecule has 0 aromatic heterocycles. The van der Waals surface area contributed by atoms with Crippen LogP contribution in [-0.4, -0.2) is 12.5 Å². The first-order valence-corrected chi connectivity index (χ1v) is 4.90. The van der Waals surface area contributed by atoms with Gasteiger partial charge in [-0.25, -0.2) is 0 Å². The first kappa shape index (κ1) is 9.60. The largest absolute Gasteiger partial charge is 0.374 e. The Balaban J connectivity index is 2.21. The average Bonchev–Trinajstić information content (AvgIpc) is 2.25. The molecule has 1 aliphatic rings. The van der Waals surface area contributed by atoms with Crippen LogP contribution >= 0.6 is 0 Å². The molecule has 0 atom stereocenters. The van der Waals surface area contributed by atoms with Crippen LogP contribution in [0.5, 0.6) is 0 Å². The Bertz CT molecular complexity index is 432. The topological polar surface area (TPSA) is 41.1 Å². The van der Waals surface area contributed by atoms with Crippen LogP contribution in [0, 0.1) is 12.3 Å². The highest BCUT2D eigenvalue weighted by molar-refractivity contribution is 5.94. The van der Waals surface area contributed by atoms with Gasteiger partial charge in [0.15, 0.2) is 0 Å². The summed E-state index contributed by atoms with van der Waals surface area (Å²) < 4.78 is 0. The van der Waals surface area contributed by atoms with E-state index in [0.29, 0.717) is 13.0 Å². The van der Waals surface area contributed by atoms with Gasteiger partial charge in [-0.1, -0.05) is 12.0 Å². The Morgan fingerprint density at radius 2 is 2.33 bits per heavy atom. The van der Waals surface area contributed by atoms with E-state index in [4.69, 9.17) is 6.42 Å². The monoisotopic (exact) mass is 200 g/mol. The SMILES string of the molecule is C#CCNc1ccc2c(c1)NC(=O)CC2. The van der Waals surface area contributed by atoms with Crippen LogP contribution in [0.3, 0.4) is 0 Å². The van der Waals surface area contributed by atoms with Crippen LogP contribution in [0.15, 0.2) is 18.2 Å². The summed E-state index contributed by atoms with van der Waals surface area (Å²) in [4.78, 5) is 11.2. The fraction of sp³-hybridized carbons (Fsp3) is 0.250. The molecule has 2 N–H and O–H groups in total. The summed E-state index contributed by atoms with van der Waals surface area (Å²) in [6, 6.07) is 5.92. The number of carbonyl (C=O) groups is 1. The third-order valence-electron chi connectivity index (χ3n) is 2.40. The Morgan fingerprint density at radius 1 is 1.47 bits per heavy atom. The van der Waals surface area contributed by atoms with Crippen LogP contribution in [0.25, 0.3) is 0 Å². The zero-order valence-electron chi connectivity index (χ0n) is 8.34. The fourth-order valence-corrected chi connectivity index (χ4v) is 1.63. The second-order valence-electron chi connectivity index (χ2n) is 3.48. The number of hydrogen-bond donors (Lipinski definition) is 2. The third-order valence-corrected chi connectivity index (χ3v) is 2.40. The van der Waals surface area contributed by atoms with Crippen molar-refractivity contribution >= 4 is 17.3 Å². The molecule has 15 heavy (non-hydrogen) atoms. The molecule has 2 rings (SSSR count). The molecule has 0 saturated heterocycles. The van der Waals surface area contributed by atoms with Crippen molar-refractivity contribution in [1.82, 2.24) is 0 Å². The Morgan fingerprint density at radius 3 is 3.13 bits per heavy atom. The number of benzene rings is 1. The molecule has 1 heterocycles. The van der Waals surface area contributed by atoms with Crippen LogP contribution in [-0.2, 0) is 11.2 Å². The van der Waals surface area contributed by atoms with Crippen molar-refractivity contribution in [2.45, 2.75) is 12.8 Å². The molecule has 0 spiro atoms. The predicted molar refractivity (Wildman–Crippen MR) is 60.7 cm³/mol. The van der Waals surface area contributed by atoms with Crippen molar-refractivity contribution in [3.63, 3.8) is 0 Å². The van der Waals surface area contributed by atoms with Crippen LogP contribution in [0.2, 0.25) is 0 Å². The number of terminal acetylenes is 1. The van der Waals surface area contributed by atoms with Gasteiger partial charge in [-0.3, -0.25) is 4.79 Å². The van der Waals surface area contributed by atoms with E-state index in [1.807, 2.05) is 18.2 Å². The van der Waals surface area contributed by atoms with E-state index in [2.05, 4.69) is 16.6 Å². The van der Waals surface area contributed by atoms with E-state index < -0.39 is 0 Å². The highest BCUT2D eigenvalue weighted by atomic mass is 16.1. The molecular weight excluding hydrogens is 188 g/mol. The number of carbonyl (C=O) groups excluding carboxylic acids is 1. The molecule has 0 bridgehead atoms. The first-order valence-electron chi connectivity index (χ1n) is 4.90. The number of hydrogen-bond acceptors (Lipinski definition) is 2. The van der Waals surface area contributed by atoms with Gasteiger partial charge in [0, 0.05) is 17.8 Å². The summed E-state index contributed by atoms with van der Waals surface area (Å²) in [5.41, 5.74) is 3.02. The van der Waals surface area contributed by atoms with Crippen molar-refractivity contribution in [3.8, 4) is 12.3 Å². The highest BCUT2D eigenvalue weighted by Gasteiger charge is 2.14. The normalized spacial score (nSPS) is 13.7. The van der Waals surface area contributed by atoms with Crippen molar-refractivity contribution in [2.24, 2.45) is 0 Å². The van der Waals surface area contributed by atoms with Crippen LogP contribution in [0.1, 0.15) is 12.0 Å². The molecule has 0 fully saturated rings. The third kappa shape index (κ3) is 2.10. The van der Waals surface area contributed by atoms with Gasteiger partial charge in [0.2, 0.25) is 5.91 Å². The molecule has 3 heteroatoms.